The van der Waals surface area contributed by atoms with Crippen LogP contribution >= 0.6 is 12.2 Å². The Hall–Kier alpha value is -1.17. The molecule has 0 aromatic carbocycles. The molecule has 6 heteroatoms. The average molecular weight is 214 g/mol. The second-order valence-electron chi connectivity index (χ2n) is 2.97. The average Bonchev–Trinajstić information content (AvgIpc) is 2.46. The van der Waals surface area contributed by atoms with Crippen molar-refractivity contribution in [3.05, 3.63) is 10.6 Å². The fourth-order valence-electron chi connectivity index (χ4n) is 1.16. The van der Waals surface area contributed by atoms with Crippen LogP contribution in [-0.2, 0) is 13.5 Å². The monoisotopic (exact) mass is 214 g/mol. The Morgan fingerprint density at radius 1 is 1.64 bits per heavy atom. The van der Waals surface area contributed by atoms with Crippen molar-refractivity contribution in [2.75, 3.05) is 7.05 Å². The van der Waals surface area contributed by atoms with Crippen molar-refractivity contribution in [1.29, 1.82) is 0 Å². The third kappa shape index (κ3) is 1.84. The minimum atomic E-state index is -0.298. The van der Waals surface area contributed by atoms with Gasteiger partial charge in [-0.15, -0.1) is 5.10 Å². The number of carbonyl (C=O) groups is 1. The van der Waals surface area contributed by atoms with Gasteiger partial charge in [0.1, 0.15) is 5.82 Å². The van der Waals surface area contributed by atoms with Crippen molar-refractivity contribution in [2.24, 2.45) is 7.05 Å². The Morgan fingerprint density at radius 3 is 2.79 bits per heavy atom. The first-order valence-corrected chi connectivity index (χ1v) is 4.89. The highest BCUT2D eigenvalue weighted by molar-refractivity contribution is 7.71. The molecule has 1 aromatic rings. The normalized spacial score (nSPS) is 10.2. The standard InChI is InChI=1S/C8H14N4OS/c1-4-5-6-10-12(7(13)9-2)8(14)11(6)3/h4-5H2,1-3H3,(H,9,13). The van der Waals surface area contributed by atoms with Crippen LogP contribution < -0.4 is 5.32 Å². The Labute approximate surface area is 87.7 Å². The Morgan fingerprint density at radius 2 is 2.29 bits per heavy atom. The molecule has 0 atom stereocenters. The first kappa shape index (κ1) is 10.9. The van der Waals surface area contributed by atoms with Crippen molar-refractivity contribution < 1.29 is 4.79 Å². The summed E-state index contributed by atoms with van der Waals surface area (Å²) in [5.74, 6) is 0.834. The number of carbonyl (C=O) groups excluding carboxylic acids is 1. The lowest BCUT2D eigenvalue weighted by Gasteiger charge is -1.95. The summed E-state index contributed by atoms with van der Waals surface area (Å²) in [7, 11) is 3.37. The van der Waals surface area contributed by atoms with Crippen LogP contribution in [0.15, 0.2) is 0 Å². The van der Waals surface area contributed by atoms with Crippen LogP contribution in [0.3, 0.4) is 0 Å². The predicted octanol–water partition coefficient (Wildman–Crippen LogP) is 1.09. The van der Waals surface area contributed by atoms with Gasteiger partial charge in [0.2, 0.25) is 4.77 Å². The summed E-state index contributed by atoms with van der Waals surface area (Å²) in [6.07, 6.45) is 1.80. The van der Waals surface area contributed by atoms with Gasteiger partial charge in [0, 0.05) is 20.5 Å². The van der Waals surface area contributed by atoms with Gasteiger partial charge in [-0.05, 0) is 18.6 Å². The van der Waals surface area contributed by atoms with E-state index in [2.05, 4.69) is 17.3 Å². The van der Waals surface area contributed by atoms with E-state index in [-0.39, 0.29) is 6.03 Å². The maximum absolute atomic E-state index is 11.3. The second-order valence-corrected chi connectivity index (χ2v) is 3.34. The van der Waals surface area contributed by atoms with Gasteiger partial charge in [0.15, 0.2) is 0 Å². The van der Waals surface area contributed by atoms with E-state index in [1.807, 2.05) is 7.05 Å². The molecule has 0 aliphatic rings. The predicted molar refractivity (Wildman–Crippen MR) is 55.9 cm³/mol. The molecule has 0 saturated heterocycles. The molecule has 78 valence electrons. The molecule has 5 nitrogen and oxygen atoms in total. The summed E-state index contributed by atoms with van der Waals surface area (Å²) in [5.41, 5.74) is 0. The summed E-state index contributed by atoms with van der Waals surface area (Å²) in [6, 6.07) is -0.298. The molecule has 0 aliphatic carbocycles. The Bertz CT molecular complexity index is 393. The lowest BCUT2D eigenvalue weighted by molar-refractivity contribution is 0.241. The molecule has 0 fully saturated rings. The number of aromatic nitrogens is 3. The lowest BCUT2D eigenvalue weighted by atomic mass is 10.3. The quantitative estimate of drug-likeness (QED) is 0.750. The zero-order chi connectivity index (χ0) is 10.7. The van der Waals surface area contributed by atoms with Gasteiger partial charge in [-0.1, -0.05) is 6.92 Å². The Kier molecular flexibility index (Phi) is 3.40. The number of hydrogen-bond donors (Lipinski definition) is 1. The van der Waals surface area contributed by atoms with Crippen molar-refractivity contribution >= 4 is 18.2 Å². The Balaban J connectivity index is 3.15. The smallest absolute Gasteiger partial charge is 0.339 e. The summed E-state index contributed by atoms with van der Waals surface area (Å²) >= 11 is 5.07. The molecule has 0 aliphatic heterocycles. The summed E-state index contributed by atoms with van der Waals surface area (Å²) in [5, 5.41) is 6.62. The molecular formula is C8H14N4OS. The van der Waals surface area contributed by atoms with E-state index in [9.17, 15) is 4.79 Å². The van der Waals surface area contributed by atoms with E-state index in [0.717, 1.165) is 18.7 Å². The largest absolute Gasteiger partial charge is 0.344 e. The first-order chi connectivity index (χ1) is 6.61. The van der Waals surface area contributed by atoms with E-state index in [0.29, 0.717) is 4.77 Å². The van der Waals surface area contributed by atoms with E-state index >= 15 is 0 Å². The highest BCUT2D eigenvalue weighted by atomic mass is 32.1. The molecule has 14 heavy (non-hydrogen) atoms. The summed E-state index contributed by atoms with van der Waals surface area (Å²) < 4.78 is 3.39. The molecule has 0 radical (unpaired) electrons. The molecule has 0 spiro atoms. The molecule has 1 amide bonds. The number of rotatable bonds is 2. The highest BCUT2D eigenvalue weighted by Gasteiger charge is 2.10. The fraction of sp³-hybridized carbons (Fsp3) is 0.625. The topological polar surface area (TPSA) is 51.9 Å². The van der Waals surface area contributed by atoms with Crippen molar-refractivity contribution in [3.63, 3.8) is 0 Å². The van der Waals surface area contributed by atoms with Crippen molar-refractivity contribution in [2.45, 2.75) is 19.8 Å². The van der Waals surface area contributed by atoms with Gasteiger partial charge in [0.25, 0.3) is 0 Å². The molecule has 1 heterocycles. The van der Waals surface area contributed by atoms with Gasteiger partial charge in [0.05, 0.1) is 0 Å². The van der Waals surface area contributed by atoms with Crippen LogP contribution in [0.5, 0.6) is 0 Å². The second kappa shape index (κ2) is 4.36. The lowest BCUT2D eigenvalue weighted by Crippen LogP contribution is -2.25. The van der Waals surface area contributed by atoms with E-state index in [4.69, 9.17) is 12.2 Å². The molecular weight excluding hydrogens is 200 g/mol. The van der Waals surface area contributed by atoms with Crippen LogP contribution in [0.1, 0.15) is 19.2 Å². The number of aryl methyl sites for hydroxylation is 1. The number of hydrogen-bond acceptors (Lipinski definition) is 3. The molecule has 0 unspecified atom stereocenters. The van der Waals surface area contributed by atoms with E-state index in [1.54, 1.807) is 11.6 Å². The molecule has 1 rings (SSSR count). The third-order valence-electron chi connectivity index (χ3n) is 1.95. The number of nitrogens with one attached hydrogen (secondary N) is 1. The van der Waals surface area contributed by atoms with Crippen LogP contribution in [-0.4, -0.2) is 27.4 Å². The molecule has 0 bridgehead atoms. The van der Waals surface area contributed by atoms with E-state index < -0.39 is 0 Å². The van der Waals surface area contributed by atoms with E-state index in [1.165, 1.54) is 4.68 Å². The van der Waals surface area contributed by atoms with Gasteiger partial charge >= 0.3 is 6.03 Å². The zero-order valence-electron chi connectivity index (χ0n) is 8.57. The summed E-state index contributed by atoms with van der Waals surface area (Å²) in [4.78, 5) is 11.3. The maximum Gasteiger partial charge on any atom is 0.344 e. The van der Waals surface area contributed by atoms with Crippen LogP contribution in [0.4, 0.5) is 4.79 Å². The zero-order valence-corrected chi connectivity index (χ0v) is 9.39. The van der Waals surface area contributed by atoms with Crippen LogP contribution in [0.25, 0.3) is 0 Å². The van der Waals surface area contributed by atoms with Crippen LogP contribution in [0.2, 0.25) is 0 Å². The SMILES string of the molecule is CCCc1nn(C(=O)NC)c(=S)n1C. The molecule has 1 N–H and O–H groups in total. The van der Waals surface area contributed by atoms with Crippen molar-refractivity contribution in [3.8, 4) is 0 Å². The highest BCUT2D eigenvalue weighted by Crippen LogP contribution is 2.01. The molecule has 1 aromatic heterocycles. The van der Waals surface area contributed by atoms with Gasteiger partial charge in [-0.2, -0.15) is 4.68 Å². The van der Waals surface area contributed by atoms with Gasteiger partial charge in [-0.3, -0.25) is 0 Å². The minimum absolute atomic E-state index is 0.298. The van der Waals surface area contributed by atoms with Crippen LogP contribution in [0, 0.1) is 4.77 Å². The summed E-state index contributed by atoms with van der Waals surface area (Å²) in [6.45, 7) is 2.06. The molecule has 0 saturated carbocycles. The fourth-order valence-corrected chi connectivity index (χ4v) is 1.39. The van der Waals surface area contributed by atoms with Gasteiger partial charge in [-0.25, -0.2) is 4.79 Å². The first-order valence-electron chi connectivity index (χ1n) is 4.48. The third-order valence-corrected chi connectivity index (χ3v) is 2.40. The number of amides is 1. The van der Waals surface area contributed by atoms with Gasteiger partial charge < -0.3 is 9.88 Å². The number of nitrogens with zero attached hydrogens (tertiary/aromatic N) is 3. The minimum Gasteiger partial charge on any atom is -0.339 e. The maximum atomic E-state index is 11.3. The van der Waals surface area contributed by atoms with Crippen molar-refractivity contribution in [1.82, 2.24) is 19.7 Å².